The Morgan fingerprint density at radius 3 is 2.78 bits per heavy atom. The van der Waals surface area contributed by atoms with Crippen molar-refractivity contribution >= 4 is 11.3 Å². The summed E-state index contributed by atoms with van der Waals surface area (Å²) in [6, 6.07) is 10.5. The molecular formula is C14H13FN2S. The number of halogens is 1. The van der Waals surface area contributed by atoms with Gasteiger partial charge >= 0.3 is 0 Å². The van der Waals surface area contributed by atoms with E-state index < -0.39 is 0 Å². The van der Waals surface area contributed by atoms with Crippen LogP contribution in [0.15, 0.2) is 30.3 Å². The lowest BCUT2D eigenvalue weighted by molar-refractivity contribution is 0.620. The van der Waals surface area contributed by atoms with Gasteiger partial charge in [-0.25, -0.2) is 4.39 Å². The van der Waals surface area contributed by atoms with Crippen LogP contribution in [0, 0.1) is 24.1 Å². The van der Waals surface area contributed by atoms with Crippen molar-refractivity contribution in [1.29, 1.82) is 5.26 Å². The van der Waals surface area contributed by atoms with E-state index in [9.17, 15) is 4.39 Å². The topological polar surface area (TPSA) is 35.8 Å². The van der Waals surface area contributed by atoms with E-state index in [0.717, 1.165) is 6.54 Å². The molecule has 0 fully saturated rings. The van der Waals surface area contributed by atoms with Crippen LogP contribution in [0.5, 0.6) is 0 Å². The Morgan fingerprint density at radius 1 is 1.28 bits per heavy atom. The molecule has 0 amide bonds. The Labute approximate surface area is 110 Å². The van der Waals surface area contributed by atoms with Crippen molar-refractivity contribution in [2.24, 2.45) is 0 Å². The van der Waals surface area contributed by atoms with E-state index in [1.807, 2.05) is 0 Å². The first-order valence-electron chi connectivity index (χ1n) is 5.63. The zero-order valence-corrected chi connectivity index (χ0v) is 10.9. The molecule has 0 saturated heterocycles. The van der Waals surface area contributed by atoms with Gasteiger partial charge in [0.1, 0.15) is 5.82 Å². The number of hydrogen-bond acceptors (Lipinski definition) is 3. The van der Waals surface area contributed by atoms with Gasteiger partial charge in [0, 0.05) is 22.8 Å². The second-order valence-electron chi connectivity index (χ2n) is 4.03. The third kappa shape index (κ3) is 3.16. The fourth-order valence-electron chi connectivity index (χ4n) is 1.72. The van der Waals surface area contributed by atoms with Gasteiger partial charge in [0.15, 0.2) is 0 Å². The van der Waals surface area contributed by atoms with Crippen LogP contribution >= 0.6 is 11.3 Å². The van der Waals surface area contributed by atoms with Crippen molar-refractivity contribution in [2.75, 3.05) is 0 Å². The lowest BCUT2D eigenvalue weighted by Gasteiger charge is -2.05. The second kappa shape index (κ2) is 5.76. The normalized spacial score (nSPS) is 10.3. The summed E-state index contributed by atoms with van der Waals surface area (Å²) in [5.41, 5.74) is 1.22. The average Bonchev–Trinajstić information content (AvgIpc) is 2.75. The molecule has 4 heteroatoms. The van der Waals surface area contributed by atoms with Crippen molar-refractivity contribution in [3.8, 4) is 6.07 Å². The molecule has 0 aliphatic heterocycles. The molecule has 0 spiro atoms. The highest BCUT2D eigenvalue weighted by atomic mass is 32.1. The third-order valence-electron chi connectivity index (χ3n) is 2.60. The van der Waals surface area contributed by atoms with E-state index in [1.54, 1.807) is 11.3 Å². The summed E-state index contributed by atoms with van der Waals surface area (Å²) in [5.74, 6) is -0.308. The summed E-state index contributed by atoms with van der Waals surface area (Å²) >= 11 is 1.73. The van der Waals surface area contributed by atoms with E-state index in [2.05, 4.69) is 30.4 Å². The molecule has 1 heterocycles. The van der Waals surface area contributed by atoms with Crippen LogP contribution in [0.4, 0.5) is 4.39 Å². The van der Waals surface area contributed by atoms with Crippen molar-refractivity contribution in [3.05, 3.63) is 57.0 Å². The Balaban J connectivity index is 1.98. The van der Waals surface area contributed by atoms with E-state index >= 15 is 0 Å². The first-order valence-corrected chi connectivity index (χ1v) is 6.45. The van der Waals surface area contributed by atoms with E-state index in [-0.39, 0.29) is 5.82 Å². The van der Waals surface area contributed by atoms with Crippen LogP contribution < -0.4 is 5.32 Å². The minimum Gasteiger partial charge on any atom is -0.308 e. The minimum atomic E-state index is -0.308. The standard InChI is InChI=1S/C14H13FN2S/c1-10-2-5-14(18-10)9-17-8-12-6-13(15)4-3-11(12)7-16/h2-6,17H,8-9H2,1H3. The predicted octanol–water partition coefficient (Wildman–Crippen LogP) is 3.36. The number of nitrogens with one attached hydrogen (secondary N) is 1. The molecule has 2 nitrogen and oxygen atoms in total. The quantitative estimate of drug-likeness (QED) is 0.915. The first-order chi connectivity index (χ1) is 8.69. The fourth-order valence-corrected chi connectivity index (χ4v) is 2.58. The van der Waals surface area contributed by atoms with Gasteiger partial charge < -0.3 is 5.32 Å². The number of aryl methyl sites for hydroxylation is 1. The van der Waals surface area contributed by atoms with Gasteiger partial charge in [-0.2, -0.15) is 5.26 Å². The molecule has 0 atom stereocenters. The molecular weight excluding hydrogens is 247 g/mol. The number of hydrogen-bond donors (Lipinski definition) is 1. The summed E-state index contributed by atoms with van der Waals surface area (Å²) in [7, 11) is 0. The van der Waals surface area contributed by atoms with Gasteiger partial charge in [-0.1, -0.05) is 0 Å². The highest BCUT2D eigenvalue weighted by molar-refractivity contribution is 7.11. The average molecular weight is 260 g/mol. The maximum absolute atomic E-state index is 13.1. The van der Waals surface area contributed by atoms with Gasteiger partial charge in [0.05, 0.1) is 11.6 Å². The van der Waals surface area contributed by atoms with E-state index in [1.165, 1.54) is 28.0 Å². The summed E-state index contributed by atoms with van der Waals surface area (Å²) < 4.78 is 13.1. The summed E-state index contributed by atoms with van der Waals surface area (Å²) in [4.78, 5) is 2.51. The maximum Gasteiger partial charge on any atom is 0.123 e. The fraction of sp³-hybridized carbons (Fsp3) is 0.214. The first kappa shape index (κ1) is 12.7. The third-order valence-corrected chi connectivity index (χ3v) is 3.60. The molecule has 1 aromatic carbocycles. The van der Waals surface area contributed by atoms with Gasteiger partial charge in [-0.3, -0.25) is 0 Å². The van der Waals surface area contributed by atoms with E-state index in [4.69, 9.17) is 5.26 Å². The lowest BCUT2D eigenvalue weighted by atomic mass is 10.1. The maximum atomic E-state index is 13.1. The number of benzene rings is 1. The summed E-state index contributed by atoms with van der Waals surface area (Å²) in [5, 5.41) is 12.2. The van der Waals surface area contributed by atoms with Gasteiger partial charge in [0.2, 0.25) is 0 Å². The zero-order valence-electron chi connectivity index (χ0n) is 10.0. The molecule has 0 unspecified atom stereocenters. The van der Waals surface area contributed by atoms with Crippen LogP contribution in [0.2, 0.25) is 0 Å². The molecule has 0 radical (unpaired) electrons. The monoisotopic (exact) mass is 260 g/mol. The van der Waals surface area contributed by atoms with Crippen molar-refractivity contribution in [2.45, 2.75) is 20.0 Å². The van der Waals surface area contributed by atoms with Gasteiger partial charge in [-0.05, 0) is 42.8 Å². The summed E-state index contributed by atoms with van der Waals surface area (Å²) in [6.45, 7) is 3.30. The van der Waals surface area contributed by atoms with Crippen molar-refractivity contribution in [3.63, 3.8) is 0 Å². The molecule has 1 N–H and O–H groups in total. The van der Waals surface area contributed by atoms with Gasteiger partial charge in [0.25, 0.3) is 0 Å². The van der Waals surface area contributed by atoms with Crippen LogP contribution in [-0.4, -0.2) is 0 Å². The van der Waals surface area contributed by atoms with Crippen LogP contribution in [-0.2, 0) is 13.1 Å². The smallest absolute Gasteiger partial charge is 0.123 e. The lowest BCUT2D eigenvalue weighted by Crippen LogP contribution is -2.13. The Kier molecular flexibility index (Phi) is 4.08. The number of thiophene rings is 1. The minimum absolute atomic E-state index is 0.308. The molecule has 18 heavy (non-hydrogen) atoms. The van der Waals surface area contributed by atoms with Gasteiger partial charge in [-0.15, -0.1) is 11.3 Å². The molecule has 2 aromatic rings. The number of nitriles is 1. The van der Waals surface area contributed by atoms with Crippen molar-refractivity contribution < 1.29 is 4.39 Å². The molecule has 0 aliphatic rings. The molecule has 2 rings (SSSR count). The Morgan fingerprint density at radius 2 is 2.11 bits per heavy atom. The summed E-state index contributed by atoms with van der Waals surface area (Å²) in [6.07, 6.45) is 0. The second-order valence-corrected chi connectivity index (χ2v) is 5.40. The Bertz CT molecular complexity index is 584. The highest BCUT2D eigenvalue weighted by Gasteiger charge is 2.04. The number of rotatable bonds is 4. The number of nitrogens with zero attached hydrogens (tertiary/aromatic N) is 1. The molecule has 92 valence electrons. The SMILES string of the molecule is Cc1ccc(CNCc2cc(F)ccc2C#N)s1. The molecule has 0 bridgehead atoms. The highest BCUT2D eigenvalue weighted by Crippen LogP contribution is 2.15. The van der Waals surface area contributed by atoms with Crippen LogP contribution in [0.25, 0.3) is 0 Å². The Hall–Kier alpha value is -1.70. The predicted molar refractivity (Wildman–Crippen MR) is 70.7 cm³/mol. The zero-order chi connectivity index (χ0) is 13.0. The molecule has 0 aliphatic carbocycles. The van der Waals surface area contributed by atoms with Crippen LogP contribution in [0.3, 0.4) is 0 Å². The van der Waals surface area contributed by atoms with Crippen molar-refractivity contribution in [1.82, 2.24) is 5.32 Å². The van der Waals surface area contributed by atoms with E-state index in [0.29, 0.717) is 17.7 Å². The largest absolute Gasteiger partial charge is 0.308 e. The van der Waals surface area contributed by atoms with Crippen LogP contribution in [0.1, 0.15) is 20.9 Å². The molecule has 1 aromatic heterocycles. The molecule has 0 saturated carbocycles.